The summed E-state index contributed by atoms with van der Waals surface area (Å²) >= 11 is 0. The molecule has 5 heteroatoms. The van der Waals surface area contributed by atoms with Crippen LogP contribution in [0.4, 0.5) is 0 Å². The molecule has 0 radical (unpaired) electrons. The third-order valence-electron chi connectivity index (χ3n) is 2.62. The molecule has 0 atom stereocenters. The molecule has 17 heavy (non-hydrogen) atoms. The Bertz CT molecular complexity index is 311. The zero-order chi connectivity index (χ0) is 12.5. The molecule has 5 nitrogen and oxygen atoms in total. The van der Waals surface area contributed by atoms with Crippen molar-refractivity contribution < 1.29 is 4.74 Å². The van der Waals surface area contributed by atoms with Crippen LogP contribution in [0, 0.1) is 6.92 Å². The molecule has 0 saturated carbocycles. The quantitative estimate of drug-likeness (QED) is 0.615. The van der Waals surface area contributed by atoms with Crippen LogP contribution < -0.4 is 10.6 Å². The van der Waals surface area contributed by atoms with Crippen molar-refractivity contribution in [3.8, 4) is 0 Å². The Labute approximate surface area is 104 Å². The SMILES string of the molecule is COCCNCCCNCc1cn(C)nc1C. The average Bonchev–Trinajstić information content (AvgIpc) is 2.61. The van der Waals surface area contributed by atoms with Crippen LogP contribution in [0.1, 0.15) is 17.7 Å². The molecule has 0 aliphatic heterocycles. The van der Waals surface area contributed by atoms with Crippen LogP contribution in [-0.4, -0.2) is 43.1 Å². The van der Waals surface area contributed by atoms with Gasteiger partial charge in [0, 0.05) is 39.0 Å². The molecule has 0 unspecified atom stereocenters. The van der Waals surface area contributed by atoms with E-state index in [2.05, 4.69) is 21.9 Å². The summed E-state index contributed by atoms with van der Waals surface area (Å²) in [6.07, 6.45) is 3.20. The molecule has 0 spiro atoms. The van der Waals surface area contributed by atoms with E-state index in [-0.39, 0.29) is 0 Å². The Balaban J connectivity index is 1.99. The van der Waals surface area contributed by atoms with Crippen molar-refractivity contribution in [3.63, 3.8) is 0 Å². The second-order valence-corrected chi connectivity index (χ2v) is 4.19. The normalized spacial score (nSPS) is 11.0. The van der Waals surface area contributed by atoms with Crippen LogP contribution in [0.3, 0.4) is 0 Å². The van der Waals surface area contributed by atoms with Crippen molar-refractivity contribution in [3.05, 3.63) is 17.5 Å². The number of methoxy groups -OCH3 is 1. The fourth-order valence-electron chi connectivity index (χ4n) is 1.68. The Morgan fingerprint density at radius 2 is 2.06 bits per heavy atom. The zero-order valence-electron chi connectivity index (χ0n) is 11.1. The van der Waals surface area contributed by atoms with Gasteiger partial charge in [-0.1, -0.05) is 0 Å². The van der Waals surface area contributed by atoms with Crippen LogP contribution in [0.25, 0.3) is 0 Å². The average molecular weight is 240 g/mol. The van der Waals surface area contributed by atoms with E-state index in [0.29, 0.717) is 0 Å². The van der Waals surface area contributed by atoms with E-state index in [1.165, 1.54) is 5.56 Å². The van der Waals surface area contributed by atoms with Gasteiger partial charge in [-0.15, -0.1) is 0 Å². The van der Waals surface area contributed by atoms with Gasteiger partial charge in [0.25, 0.3) is 0 Å². The molecule has 1 aromatic heterocycles. The standard InChI is InChI=1S/C12H24N4O/c1-11-12(10-16(2)15-11)9-14-6-4-5-13-7-8-17-3/h10,13-14H,4-9H2,1-3H3. The molecule has 1 rings (SSSR count). The lowest BCUT2D eigenvalue weighted by Crippen LogP contribution is -2.24. The molecule has 0 aromatic carbocycles. The van der Waals surface area contributed by atoms with Crippen molar-refractivity contribution in [1.29, 1.82) is 0 Å². The highest BCUT2D eigenvalue weighted by Gasteiger charge is 2.01. The van der Waals surface area contributed by atoms with Gasteiger partial charge in [0.2, 0.25) is 0 Å². The van der Waals surface area contributed by atoms with Crippen molar-refractivity contribution in [2.75, 3.05) is 33.4 Å². The van der Waals surface area contributed by atoms with Crippen molar-refractivity contribution in [2.45, 2.75) is 19.9 Å². The van der Waals surface area contributed by atoms with Gasteiger partial charge in [0.1, 0.15) is 0 Å². The van der Waals surface area contributed by atoms with Gasteiger partial charge in [-0.3, -0.25) is 4.68 Å². The molecular weight excluding hydrogens is 216 g/mol. The molecule has 0 bridgehead atoms. The highest BCUT2D eigenvalue weighted by atomic mass is 16.5. The predicted octanol–water partition coefficient (Wildman–Crippen LogP) is 0.444. The lowest BCUT2D eigenvalue weighted by molar-refractivity contribution is 0.199. The Morgan fingerprint density at radius 1 is 1.29 bits per heavy atom. The maximum Gasteiger partial charge on any atom is 0.0638 e. The smallest absolute Gasteiger partial charge is 0.0638 e. The van der Waals surface area contributed by atoms with Crippen LogP contribution >= 0.6 is 0 Å². The van der Waals surface area contributed by atoms with Crippen LogP contribution in [0.5, 0.6) is 0 Å². The highest BCUT2D eigenvalue weighted by molar-refractivity contribution is 5.14. The van der Waals surface area contributed by atoms with E-state index in [0.717, 1.165) is 44.9 Å². The molecule has 1 heterocycles. The van der Waals surface area contributed by atoms with Gasteiger partial charge >= 0.3 is 0 Å². The Kier molecular flexibility index (Phi) is 6.84. The van der Waals surface area contributed by atoms with Gasteiger partial charge in [-0.2, -0.15) is 5.10 Å². The van der Waals surface area contributed by atoms with Gasteiger partial charge in [-0.25, -0.2) is 0 Å². The maximum absolute atomic E-state index is 4.96. The first-order valence-corrected chi connectivity index (χ1v) is 6.13. The minimum atomic E-state index is 0.780. The summed E-state index contributed by atoms with van der Waals surface area (Å²) in [6.45, 7) is 6.71. The van der Waals surface area contributed by atoms with Crippen LogP contribution in [-0.2, 0) is 18.3 Å². The second kappa shape index (κ2) is 8.22. The molecule has 0 aliphatic rings. The monoisotopic (exact) mass is 240 g/mol. The summed E-state index contributed by atoms with van der Waals surface area (Å²) < 4.78 is 6.82. The number of hydrogen-bond acceptors (Lipinski definition) is 4. The summed E-state index contributed by atoms with van der Waals surface area (Å²) in [6, 6.07) is 0. The summed E-state index contributed by atoms with van der Waals surface area (Å²) in [4.78, 5) is 0. The van der Waals surface area contributed by atoms with Crippen molar-refractivity contribution >= 4 is 0 Å². The molecule has 2 N–H and O–H groups in total. The summed E-state index contributed by atoms with van der Waals surface area (Å²) in [5.41, 5.74) is 2.39. The fourth-order valence-corrected chi connectivity index (χ4v) is 1.68. The first-order valence-electron chi connectivity index (χ1n) is 6.13. The first-order chi connectivity index (χ1) is 8.24. The molecular formula is C12H24N4O. The Morgan fingerprint density at radius 3 is 2.71 bits per heavy atom. The van der Waals surface area contributed by atoms with E-state index in [4.69, 9.17) is 4.74 Å². The number of aryl methyl sites for hydroxylation is 2. The van der Waals surface area contributed by atoms with Gasteiger partial charge in [-0.05, 0) is 26.4 Å². The lowest BCUT2D eigenvalue weighted by Gasteiger charge is -2.05. The number of rotatable bonds is 9. The number of ether oxygens (including phenoxy) is 1. The molecule has 0 fully saturated rings. The lowest BCUT2D eigenvalue weighted by atomic mass is 10.2. The second-order valence-electron chi connectivity index (χ2n) is 4.19. The predicted molar refractivity (Wildman–Crippen MR) is 69.0 cm³/mol. The van der Waals surface area contributed by atoms with Crippen LogP contribution in [0.2, 0.25) is 0 Å². The van der Waals surface area contributed by atoms with Gasteiger partial charge in [0.05, 0.1) is 12.3 Å². The summed E-state index contributed by atoms with van der Waals surface area (Å²) in [5, 5.41) is 11.1. The van der Waals surface area contributed by atoms with E-state index < -0.39 is 0 Å². The number of nitrogens with zero attached hydrogens (tertiary/aromatic N) is 2. The van der Waals surface area contributed by atoms with E-state index in [1.54, 1.807) is 7.11 Å². The molecule has 1 aromatic rings. The number of hydrogen-bond donors (Lipinski definition) is 2. The molecule has 0 aliphatic carbocycles. The molecule has 0 amide bonds. The zero-order valence-corrected chi connectivity index (χ0v) is 11.1. The third-order valence-corrected chi connectivity index (χ3v) is 2.62. The number of aromatic nitrogens is 2. The van der Waals surface area contributed by atoms with Crippen molar-refractivity contribution in [2.24, 2.45) is 7.05 Å². The van der Waals surface area contributed by atoms with E-state index >= 15 is 0 Å². The minimum Gasteiger partial charge on any atom is -0.383 e. The van der Waals surface area contributed by atoms with E-state index in [1.807, 2.05) is 18.7 Å². The van der Waals surface area contributed by atoms with Crippen LogP contribution in [0.15, 0.2) is 6.20 Å². The summed E-state index contributed by atoms with van der Waals surface area (Å²) in [5.74, 6) is 0. The third kappa shape index (κ3) is 5.81. The number of nitrogens with one attached hydrogen (secondary N) is 2. The van der Waals surface area contributed by atoms with Crippen molar-refractivity contribution in [1.82, 2.24) is 20.4 Å². The fraction of sp³-hybridized carbons (Fsp3) is 0.750. The van der Waals surface area contributed by atoms with Gasteiger partial charge in [0.15, 0.2) is 0 Å². The first kappa shape index (κ1) is 14.2. The van der Waals surface area contributed by atoms with Gasteiger partial charge < -0.3 is 15.4 Å². The largest absolute Gasteiger partial charge is 0.383 e. The Hall–Kier alpha value is -0.910. The topological polar surface area (TPSA) is 51.1 Å². The summed E-state index contributed by atoms with van der Waals surface area (Å²) in [7, 11) is 3.68. The molecule has 0 saturated heterocycles. The highest BCUT2D eigenvalue weighted by Crippen LogP contribution is 2.03. The molecule has 98 valence electrons. The minimum absolute atomic E-state index is 0.780. The maximum atomic E-state index is 4.96. The van der Waals surface area contributed by atoms with E-state index in [9.17, 15) is 0 Å².